The van der Waals surface area contributed by atoms with Crippen LogP contribution in [0.15, 0.2) is 65.3 Å². The van der Waals surface area contributed by atoms with Crippen molar-refractivity contribution in [1.82, 2.24) is 20.1 Å². The van der Waals surface area contributed by atoms with Gasteiger partial charge in [0.25, 0.3) is 11.8 Å². The third kappa shape index (κ3) is 6.71. The molecule has 0 radical (unpaired) electrons. The number of amides is 2. The van der Waals surface area contributed by atoms with Gasteiger partial charge in [-0.2, -0.15) is 0 Å². The third-order valence-electron chi connectivity index (χ3n) is 8.85. The quantitative estimate of drug-likeness (QED) is 0.405. The molecule has 1 N–H and O–H groups in total. The van der Waals surface area contributed by atoms with E-state index in [9.17, 15) is 9.59 Å². The van der Waals surface area contributed by atoms with Crippen LogP contribution in [0.2, 0.25) is 0 Å². The van der Waals surface area contributed by atoms with Crippen molar-refractivity contribution in [2.24, 2.45) is 0 Å². The highest BCUT2D eigenvalue weighted by Gasteiger charge is 2.30. The van der Waals surface area contributed by atoms with Gasteiger partial charge in [-0.15, -0.1) is 0 Å². The summed E-state index contributed by atoms with van der Waals surface area (Å²) in [5.74, 6) is 0.172. The third-order valence-corrected chi connectivity index (χ3v) is 8.85. The Morgan fingerprint density at radius 2 is 1.61 bits per heavy atom. The molecule has 41 heavy (non-hydrogen) atoms. The minimum atomic E-state index is -0.260. The molecule has 2 aromatic carbocycles. The molecule has 2 atom stereocenters. The lowest BCUT2D eigenvalue weighted by atomic mass is 9.92. The standard InChI is InChI=1S/C33H40N4O4/c38-31(34-28-10-4-5-11-30(28)40-22-24-8-2-1-3-9-24)29-23-41-32(35-29)25-12-14-26(15-13-25)33(39)37-20-16-27(17-21-37)36-18-6-7-19-36/h1-3,8-9,12-15,23,27-28,30H,4-7,10-11,16-22H2,(H,34,38)/t28?,30-/m0/s1. The second kappa shape index (κ2) is 13.0. The Kier molecular flexibility index (Phi) is 8.77. The number of carbonyl (C=O) groups is 2. The van der Waals surface area contributed by atoms with E-state index < -0.39 is 0 Å². The van der Waals surface area contributed by atoms with Crippen LogP contribution in [0.4, 0.5) is 0 Å². The maximum atomic E-state index is 13.1. The zero-order valence-electron chi connectivity index (χ0n) is 23.7. The average molecular weight is 557 g/mol. The highest BCUT2D eigenvalue weighted by Crippen LogP contribution is 2.25. The van der Waals surface area contributed by atoms with Crippen molar-refractivity contribution < 1.29 is 18.7 Å². The monoisotopic (exact) mass is 556 g/mol. The van der Waals surface area contributed by atoms with Crippen molar-refractivity contribution >= 4 is 11.8 Å². The summed E-state index contributed by atoms with van der Waals surface area (Å²) in [6, 6.07) is 18.0. The number of aromatic nitrogens is 1. The smallest absolute Gasteiger partial charge is 0.273 e. The van der Waals surface area contributed by atoms with E-state index in [1.807, 2.05) is 59.5 Å². The lowest BCUT2D eigenvalue weighted by Gasteiger charge is -2.36. The number of hydrogen-bond donors (Lipinski definition) is 1. The number of piperidine rings is 1. The maximum absolute atomic E-state index is 13.1. The molecular formula is C33H40N4O4. The van der Waals surface area contributed by atoms with Gasteiger partial charge in [-0.3, -0.25) is 9.59 Å². The first-order valence-electron chi connectivity index (χ1n) is 15.2. The molecule has 8 nitrogen and oxygen atoms in total. The van der Waals surface area contributed by atoms with Crippen LogP contribution in [0.1, 0.15) is 77.8 Å². The Morgan fingerprint density at radius 1 is 0.878 bits per heavy atom. The summed E-state index contributed by atoms with van der Waals surface area (Å²) in [6.45, 7) is 4.54. The number of nitrogens with one attached hydrogen (secondary N) is 1. The predicted octanol–water partition coefficient (Wildman–Crippen LogP) is 5.30. The SMILES string of the molecule is O=C(NC1CCCC[C@@H]1OCc1ccccc1)c1coc(-c2ccc(C(=O)N3CCC(N4CCCC4)CC3)cc2)n1. The van der Waals surface area contributed by atoms with Crippen LogP contribution in [-0.2, 0) is 11.3 Å². The van der Waals surface area contributed by atoms with E-state index in [4.69, 9.17) is 9.15 Å². The molecule has 8 heteroatoms. The second-order valence-electron chi connectivity index (χ2n) is 11.6. The maximum Gasteiger partial charge on any atom is 0.273 e. The van der Waals surface area contributed by atoms with Crippen LogP contribution in [0.3, 0.4) is 0 Å². The molecule has 1 aliphatic carbocycles. The van der Waals surface area contributed by atoms with Crippen LogP contribution in [0.25, 0.3) is 11.5 Å². The Balaban J connectivity index is 1.02. The Hall–Kier alpha value is -3.49. The van der Waals surface area contributed by atoms with E-state index in [1.165, 1.54) is 32.2 Å². The minimum absolute atomic E-state index is 0.0321. The molecule has 2 aliphatic heterocycles. The first-order valence-corrected chi connectivity index (χ1v) is 15.2. The van der Waals surface area contributed by atoms with Crippen molar-refractivity contribution in [2.75, 3.05) is 26.2 Å². The number of nitrogens with zero attached hydrogens (tertiary/aromatic N) is 3. The van der Waals surface area contributed by atoms with Gasteiger partial charge in [0.1, 0.15) is 6.26 Å². The Labute approximate surface area is 242 Å². The molecule has 2 saturated heterocycles. The van der Waals surface area contributed by atoms with Crippen molar-refractivity contribution in [2.45, 2.75) is 76.2 Å². The average Bonchev–Trinajstić information content (AvgIpc) is 3.75. The van der Waals surface area contributed by atoms with Crippen molar-refractivity contribution in [3.8, 4) is 11.5 Å². The molecule has 3 heterocycles. The largest absolute Gasteiger partial charge is 0.444 e. The van der Waals surface area contributed by atoms with E-state index in [-0.39, 0.29) is 29.7 Å². The molecular weight excluding hydrogens is 516 g/mol. The van der Waals surface area contributed by atoms with E-state index >= 15 is 0 Å². The molecule has 1 saturated carbocycles. The summed E-state index contributed by atoms with van der Waals surface area (Å²) in [7, 11) is 0. The van der Waals surface area contributed by atoms with Gasteiger partial charge in [0.05, 0.1) is 18.8 Å². The molecule has 1 unspecified atom stereocenters. The zero-order chi connectivity index (χ0) is 28.0. The molecule has 3 fully saturated rings. The summed E-state index contributed by atoms with van der Waals surface area (Å²) < 4.78 is 11.9. The summed E-state index contributed by atoms with van der Waals surface area (Å²) in [4.78, 5) is 35.2. The van der Waals surface area contributed by atoms with E-state index in [2.05, 4.69) is 15.2 Å². The van der Waals surface area contributed by atoms with E-state index in [0.29, 0.717) is 24.1 Å². The summed E-state index contributed by atoms with van der Waals surface area (Å²) in [5.41, 5.74) is 2.76. The molecule has 0 bridgehead atoms. The lowest BCUT2D eigenvalue weighted by Crippen LogP contribution is -2.46. The van der Waals surface area contributed by atoms with Crippen molar-refractivity contribution in [3.63, 3.8) is 0 Å². The predicted molar refractivity (Wildman–Crippen MR) is 156 cm³/mol. The van der Waals surface area contributed by atoms with Gasteiger partial charge in [-0.1, -0.05) is 43.2 Å². The zero-order valence-corrected chi connectivity index (χ0v) is 23.7. The first kappa shape index (κ1) is 27.7. The van der Waals surface area contributed by atoms with E-state index in [1.54, 1.807) is 0 Å². The topological polar surface area (TPSA) is 87.9 Å². The second-order valence-corrected chi connectivity index (χ2v) is 11.6. The first-order chi connectivity index (χ1) is 20.1. The summed E-state index contributed by atoms with van der Waals surface area (Å²) >= 11 is 0. The number of ether oxygens (including phenoxy) is 1. The van der Waals surface area contributed by atoms with Crippen LogP contribution in [0, 0.1) is 0 Å². The number of rotatable bonds is 8. The molecule has 3 aromatic rings. The number of likely N-dealkylation sites (tertiary alicyclic amines) is 2. The Bertz CT molecular complexity index is 1290. The van der Waals surface area contributed by atoms with Crippen LogP contribution >= 0.6 is 0 Å². The molecule has 6 rings (SSSR count). The van der Waals surface area contributed by atoms with Gasteiger partial charge in [0, 0.05) is 30.3 Å². The van der Waals surface area contributed by atoms with Gasteiger partial charge in [0.2, 0.25) is 5.89 Å². The number of benzene rings is 2. The van der Waals surface area contributed by atoms with Gasteiger partial charge in [0.15, 0.2) is 5.69 Å². The van der Waals surface area contributed by atoms with E-state index in [0.717, 1.165) is 62.7 Å². The van der Waals surface area contributed by atoms with Crippen LogP contribution in [0.5, 0.6) is 0 Å². The van der Waals surface area contributed by atoms with Crippen LogP contribution < -0.4 is 5.32 Å². The molecule has 0 spiro atoms. The normalized spacial score (nSPS) is 22.1. The fourth-order valence-electron chi connectivity index (χ4n) is 6.47. The van der Waals surface area contributed by atoms with Gasteiger partial charge >= 0.3 is 0 Å². The summed E-state index contributed by atoms with van der Waals surface area (Å²) in [5, 5.41) is 3.13. The molecule has 2 amide bonds. The number of hydrogen-bond acceptors (Lipinski definition) is 6. The highest BCUT2D eigenvalue weighted by molar-refractivity contribution is 5.95. The highest BCUT2D eigenvalue weighted by atomic mass is 16.5. The minimum Gasteiger partial charge on any atom is -0.444 e. The number of carbonyl (C=O) groups excluding carboxylic acids is 2. The van der Waals surface area contributed by atoms with Crippen LogP contribution in [-0.4, -0.2) is 71.0 Å². The van der Waals surface area contributed by atoms with Gasteiger partial charge < -0.3 is 24.3 Å². The summed E-state index contributed by atoms with van der Waals surface area (Å²) in [6.07, 6.45) is 10.0. The molecule has 3 aliphatic rings. The van der Waals surface area contributed by atoms with Gasteiger partial charge in [-0.05, 0) is 81.4 Å². The lowest BCUT2D eigenvalue weighted by molar-refractivity contribution is -0.00466. The Morgan fingerprint density at radius 3 is 2.37 bits per heavy atom. The van der Waals surface area contributed by atoms with Crippen molar-refractivity contribution in [3.05, 3.63) is 77.7 Å². The number of oxazole rings is 1. The van der Waals surface area contributed by atoms with Gasteiger partial charge in [-0.25, -0.2) is 4.98 Å². The fourth-order valence-corrected chi connectivity index (χ4v) is 6.47. The fraction of sp³-hybridized carbons (Fsp3) is 0.485. The molecule has 216 valence electrons. The molecule has 1 aromatic heterocycles. The van der Waals surface area contributed by atoms with Crippen molar-refractivity contribution in [1.29, 1.82) is 0 Å².